The largest absolute Gasteiger partial charge is 0.313 e. The first-order valence-corrected chi connectivity index (χ1v) is 6.23. The molecule has 0 bridgehead atoms. The summed E-state index contributed by atoms with van der Waals surface area (Å²) in [5, 5.41) is 3.61. The van der Waals surface area contributed by atoms with E-state index < -0.39 is 0 Å². The topological polar surface area (TPSA) is 15.3 Å². The Hall–Kier alpha value is -0.0800. The summed E-state index contributed by atoms with van der Waals surface area (Å²) in [6.07, 6.45) is 6.81. The number of rotatable bonds is 6. The molecule has 0 heterocycles. The number of hydrogen-bond acceptors (Lipinski definition) is 2. The van der Waals surface area contributed by atoms with Gasteiger partial charge in [-0.15, -0.1) is 0 Å². The maximum atomic E-state index is 3.61. The zero-order valence-electron chi connectivity index (χ0n) is 10.1. The second kappa shape index (κ2) is 6.41. The van der Waals surface area contributed by atoms with Crippen LogP contribution in [0.1, 0.15) is 46.0 Å². The fourth-order valence-electron chi connectivity index (χ4n) is 2.54. The van der Waals surface area contributed by atoms with Crippen LogP contribution >= 0.6 is 0 Å². The number of nitrogens with one attached hydrogen (secondary N) is 1. The van der Waals surface area contributed by atoms with Gasteiger partial charge in [-0.05, 0) is 39.4 Å². The zero-order valence-corrected chi connectivity index (χ0v) is 10.1. The molecule has 0 amide bonds. The molecule has 14 heavy (non-hydrogen) atoms. The number of hydrogen-bond donors (Lipinski definition) is 1. The maximum Gasteiger partial charge on any atom is 0.0246 e. The van der Waals surface area contributed by atoms with E-state index in [1.54, 1.807) is 0 Å². The van der Waals surface area contributed by atoms with Gasteiger partial charge in [-0.2, -0.15) is 0 Å². The minimum Gasteiger partial charge on any atom is -0.313 e. The molecule has 0 radical (unpaired) electrons. The highest BCUT2D eigenvalue weighted by Crippen LogP contribution is 2.23. The molecule has 2 nitrogen and oxygen atoms in total. The third-order valence-electron chi connectivity index (χ3n) is 3.38. The van der Waals surface area contributed by atoms with Crippen LogP contribution in [-0.4, -0.2) is 37.1 Å². The first-order valence-electron chi connectivity index (χ1n) is 6.23. The molecule has 0 aromatic heterocycles. The fourth-order valence-corrected chi connectivity index (χ4v) is 2.54. The van der Waals surface area contributed by atoms with E-state index in [9.17, 15) is 0 Å². The molecule has 0 aromatic carbocycles. The van der Waals surface area contributed by atoms with Crippen LogP contribution in [0.4, 0.5) is 0 Å². The Balaban J connectivity index is 2.32. The highest BCUT2D eigenvalue weighted by atomic mass is 15.2. The highest BCUT2D eigenvalue weighted by Gasteiger charge is 2.28. The van der Waals surface area contributed by atoms with Crippen LogP contribution in [0.3, 0.4) is 0 Å². The minimum absolute atomic E-state index is 0.752. The molecule has 0 aliphatic heterocycles. The Morgan fingerprint density at radius 3 is 2.71 bits per heavy atom. The lowest BCUT2D eigenvalue weighted by Crippen LogP contribution is -2.45. The van der Waals surface area contributed by atoms with Crippen LogP contribution in [-0.2, 0) is 0 Å². The van der Waals surface area contributed by atoms with E-state index in [1.807, 2.05) is 0 Å². The van der Waals surface area contributed by atoms with Gasteiger partial charge in [-0.25, -0.2) is 0 Å². The van der Waals surface area contributed by atoms with Crippen molar-refractivity contribution in [3.63, 3.8) is 0 Å². The summed E-state index contributed by atoms with van der Waals surface area (Å²) in [7, 11) is 2.29. The van der Waals surface area contributed by atoms with E-state index in [0.717, 1.165) is 18.6 Å². The van der Waals surface area contributed by atoms with Gasteiger partial charge in [0.25, 0.3) is 0 Å². The molecule has 2 unspecified atom stereocenters. The Morgan fingerprint density at radius 2 is 2.07 bits per heavy atom. The number of nitrogens with zero attached hydrogens (tertiary/aromatic N) is 1. The Bertz CT molecular complexity index is 147. The summed E-state index contributed by atoms with van der Waals surface area (Å²) in [5.74, 6) is 0. The van der Waals surface area contributed by atoms with E-state index in [2.05, 4.69) is 31.1 Å². The van der Waals surface area contributed by atoms with E-state index in [-0.39, 0.29) is 0 Å². The lowest BCUT2D eigenvalue weighted by atomic mass is 10.1. The van der Waals surface area contributed by atoms with Crippen LogP contribution in [0.25, 0.3) is 0 Å². The van der Waals surface area contributed by atoms with Crippen molar-refractivity contribution in [2.75, 3.05) is 20.1 Å². The van der Waals surface area contributed by atoms with Gasteiger partial charge in [0.1, 0.15) is 0 Å². The van der Waals surface area contributed by atoms with Gasteiger partial charge < -0.3 is 10.2 Å². The van der Waals surface area contributed by atoms with Crippen molar-refractivity contribution >= 4 is 0 Å². The van der Waals surface area contributed by atoms with Crippen molar-refractivity contribution in [2.24, 2.45) is 0 Å². The molecular formula is C12H26N2. The summed E-state index contributed by atoms with van der Waals surface area (Å²) in [4.78, 5) is 2.56. The van der Waals surface area contributed by atoms with Crippen LogP contribution in [0.15, 0.2) is 0 Å². The first kappa shape index (κ1) is 12.0. The molecule has 1 saturated carbocycles. The van der Waals surface area contributed by atoms with Crippen LogP contribution in [0, 0.1) is 0 Å². The van der Waals surface area contributed by atoms with Crippen molar-refractivity contribution in [3.8, 4) is 0 Å². The molecule has 1 rings (SSSR count). The van der Waals surface area contributed by atoms with Gasteiger partial charge in [0.2, 0.25) is 0 Å². The predicted molar refractivity (Wildman–Crippen MR) is 62.6 cm³/mol. The van der Waals surface area contributed by atoms with Gasteiger partial charge in [0, 0.05) is 12.1 Å². The van der Waals surface area contributed by atoms with Gasteiger partial charge in [0.05, 0.1) is 0 Å². The monoisotopic (exact) mass is 198 g/mol. The van der Waals surface area contributed by atoms with Crippen molar-refractivity contribution in [1.29, 1.82) is 0 Å². The number of unbranched alkanes of at least 4 members (excludes halogenated alkanes) is 1. The summed E-state index contributed by atoms with van der Waals surface area (Å²) >= 11 is 0. The molecule has 1 N–H and O–H groups in total. The summed E-state index contributed by atoms with van der Waals surface area (Å²) in [6, 6.07) is 1.54. The third kappa shape index (κ3) is 3.25. The summed E-state index contributed by atoms with van der Waals surface area (Å²) in [5.41, 5.74) is 0. The van der Waals surface area contributed by atoms with Crippen molar-refractivity contribution in [1.82, 2.24) is 10.2 Å². The van der Waals surface area contributed by atoms with Crippen LogP contribution < -0.4 is 5.32 Å². The van der Waals surface area contributed by atoms with Gasteiger partial charge in [-0.1, -0.05) is 26.7 Å². The maximum absolute atomic E-state index is 3.61. The van der Waals surface area contributed by atoms with Crippen LogP contribution in [0.2, 0.25) is 0 Å². The summed E-state index contributed by atoms with van der Waals surface area (Å²) < 4.78 is 0. The second-order valence-electron chi connectivity index (χ2n) is 4.50. The molecule has 0 aromatic rings. The van der Waals surface area contributed by atoms with Crippen molar-refractivity contribution < 1.29 is 0 Å². The lowest BCUT2D eigenvalue weighted by Gasteiger charge is -2.30. The molecule has 0 saturated heterocycles. The Morgan fingerprint density at radius 1 is 1.29 bits per heavy atom. The van der Waals surface area contributed by atoms with E-state index >= 15 is 0 Å². The van der Waals surface area contributed by atoms with Crippen molar-refractivity contribution in [3.05, 3.63) is 0 Å². The zero-order chi connectivity index (χ0) is 10.4. The molecule has 1 aliphatic carbocycles. The minimum atomic E-state index is 0.752. The van der Waals surface area contributed by atoms with E-state index in [0.29, 0.717) is 0 Å². The smallest absolute Gasteiger partial charge is 0.0246 e. The van der Waals surface area contributed by atoms with Gasteiger partial charge in [-0.3, -0.25) is 0 Å². The molecule has 0 spiro atoms. The van der Waals surface area contributed by atoms with Gasteiger partial charge >= 0.3 is 0 Å². The fraction of sp³-hybridized carbons (Fsp3) is 1.00. The molecule has 1 aliphatic rings. The van der Waals surface area contributed by atoms with Crippen molar-refractivity contribution in [2.45, 2.75) is 58.0 Å². The SMILES string of the molecule is CCCCN(C)C1CCCC1NCC. The Kier molecular flexibility index (Phi) is 5.49. The average Bonchev–Trinajstić information content (AvgIpc) is 2.63. The van der Waals surface area contributed by atoms with E-state index in [4.69, 9.17) is 0 Å². The molecule has 1 fully saturated rings. The normalized spacial score (nSPS) is 27.4. The highest BCUT2D eigenvalue weighted by molar-refractivity contribution is 4.88. The summed E-state index contributed by atoms with van der Waals surface area (Å²) in [6.45, 7) is 6.86. The molecule has 84 valence electrons. The standard InChI is InChI=1S/C12H26N2/c1-4-6-10-14(3)12-9-7-8-11(12)13-5-2/h11-13H,4-10H2,1-3H3. The first-order chi connectivity index (χ1) is 6.79. The van der Waals surface area contributed by atoms with E-state index in [1.165, 1.54) is 38.6 Å². The van der Waals surface area contributed by atoms with Gasteiger partial charge in [0.15, 0.2) is 0 Å². The Labute approximate surface area is 89.1 Å². The lowest BCUT2D eigenvalue weighted by molar-refractivity contribution is 0.210. The average molecular weight is 198 g/mol. The number of likely N-dealkylation sites (N-methyl/N-ethyl adjacent to an activating group) is 2. The molecular weight excluding hydrogens is 172 g/mol. The van der Waals surface area contributed by atoms with Crippen LogP contribution in [0.5, 0.6) is 0 Å². The second-order valence-corrected chi connectivity index (χ2v) is 4.50. The molecule has 2 heteroatoms. The third-order valence-corrected chi connectivity index (χ3v) is 3.38. The quantitative estimate of drug-likeness (QED) is 0.704. The molecule has 2 atom stereocenters. The predicted octanol–water partition coefficient (Wildman–Crippen LogP) is 2.25.